The molecule has 10 heteroatoms. The fourth-order valence-electron chi connectivity index (χ4n) is 4.33. The number of ether oxygens (including phenoxy) is 1. The molecule has 2 heterocycles. The SMILES string of the molecule is COC(=O)c1cccc(Cn2cc(/C=C3\C(=O)NC(=O)N(c4ccc(Cl)cc4Cl)C3=O)c3ccccc32)c1. The maximum atomic E-state index is 13.4. The highest BCUT2D eigenvalue weighted by molar-refractivity contribution is 6.42. The number of carbonyl (C=O) groups is 4. The quantitative estimate of drug-likeness (QED) is 0.203. The van der Waals surface area contributed by atoms with Crippen LogP contribution in [-0.4, -0.2) is 35.5 Å². The van der Waals surface area contributed by atoms with E-state index in [2.05, 4.69) is 5.32 Å². The van der Waals surface area contributed by atoms with Crippen molar-refractivity contribution in [3.05, 3.63) is 105 Å². The lowest BCUT2D eigenvalue weighted by atomic mass is 10.1. The number of fused-ring (bicyclic) bond motifs is 1. The van der Waals surface area contributed by atoms with Crippen molar-refractivity contribution in [3.63, 3.8) is 0 Å². The van der Waals surface area contributed by atoms with Crippen LogP contribution in [0.4, 0.5) is 10.5 Å². The molecule has 0 spiro atoms. The predicted molar refractivity (Wildman–Crippen MR) is 144 cm³/mol. The lowest BCUT2D eigenvalue weighted by Gasteiger charge is -2.27. The van der Waals surface area contributed by atoms with E-state index in [9.17, 15) is 19.2 Å². The van der Waals surface area contributed by atoms with Gasteiger partial charge in [0.1, 0.15) is 5.57 Å². The van der Waals surface area contributed by atoms with E-state index in [1.807, 2.05) is 34.9 Å². The Morgan fingerprint density at radius 1 is 1.00 bits per heavy atom. The van der Waals surface area contributed by atoms with Gasteiger partial charge in [-0.2, -0.15) is 0 Å². The number of amides is 4. The number of aromatic nitrogens is 1. The number of hydrogen-bond acceptors (Lipinski definition) is 5. The Morgan fingerprint density at radius 2 is 1.79 bits per heavy atom. The molecule has 0 bridgehead atoms. The summed E-state index contributed by atoms with van der Waals surface area (Å²) < 4.78 is 6.76. The third-order valence-electron chi connectivity index (χ3n) is 6.07. The van der Waals surface area contributed by atoms with Gasteiger partial charge in [0.05, 0.1) is 23.4 Å². The summed E-state index contributed by atoms with van der Waals surface area (Å²) in [5, 5.41) is 3.41. The van der Waals surface area contributed by atoms with Crippen molar-refractivity contribution >= 4 is 69.7 Å². The van der Waals surface area contributed by atoms with Gasteiger partial charge in [-0.05, 0) is 48.0 Å². The summed E-state index contributed by atoms with van der Waals surface area (Å²) in [6.07, 6.45) is 3.25. The van der Waals surface area contributed by atoms with Crippen LogP contribution in [0, 0.1) is 0 Å². The van der Waals surface area contributed by atoms with E-state index in [-0.39, 0.29) is 16.3 Å². The third-order valence-corrected chi connectivity index (χ3v) is 6.61. The zero-order valence-electron chi connectivity index (χ0n) is 19.9. The van der Waals surface area contributed by atoms with E-state index in [0.29, 0.717) is 22.7 Å². The van der Waals surface area contributed by atoms with Gasteiger partial charge in [-0.3, -0.25) is 14.9 Å². The molecule has 1 aromatic heterocycles. The second-order valence-electron chi connectivity index (χ2n) is 8.48. The van der Waals surface area contributed by atoms with Crippen molar-refractivity contribution in [3.8, 4) is 0 Å². The Bertz CT molecular complexity index is 1670. The van der Waals surface area contributed by atoms with Gasteiger partial charge in [-0.1, -0.05) is 53.5 Å². The minimum atomic E-state index is -0.908. The second kappa shape index (κ2) is 10.2. The molecular weight excluding hydrogens is 529 g/mol. The molecule has 1 aliphatic heterocycles. The molecule has 0 saturated carbocycles. The van der Waals surface area contributed by atoms with Gasteiger partial charge in [0.2, 0.25) is 0 Å². The van der Waals surface area contributed by atoms with Crippen molar-refractivity contribution in [2.45, 2.75) is 6.54 Å². The first-order valence-corrected chi connectivity index (χ1v) is 12.1. The molecule has 3 aromatic carbocycles. The molecule has 4 aromatic rings. The Labute approximate surface area is 227 Å². The van der Waals surface area contributed by atoms with Crippen molar-refractivity contribution in [2.24, 2.45) is 0 Å². The summed E-state index contributed by atoms with van der Waals surface area (Å²) in [7, 11) is 1.33. The Hall–Kier alpha value is -4.40. The predicted octanol–water partition coefficient (Wildman–Crippen LogP) is 5.45. The first-order chi connectivity index (χ1) is 18.3. The van der Waals surface area contributed by atoms with E-state index in [1.165, 1.54) is 31.4 Å². The van der Waals surface area contributed by atoms with Gasteiger partial charge in [0, 0.05) is 34.2 Å². The van der Waals surface area contributed by atoms with Gasteiger partial charge in [0.15, 0.2) is 0 Å². The molecule has 1 saturated heterocycles. The average molecular weight is 548 g/mol. The second-order valence-corrected chi connectivity index (χ2v) is 9.32. The number of rotatable bonds is 5. The standard InChI is InChI=1S/C28H19Cl2N3O5/c1-38-27(36)17-6-4-5-16(11-17)14-32-15-18(20-7-2-3-8-23(20)32)12-21-25(34)31-28(37)33(26(21)35)24-10-9-19(29)13-22(24)30/h2-13,15H,14H2,1H3,(H,31,34,37)/b21-12+. The summed E-state index contributed by atoms with van der Waals surface area (Å²) in [6.45, 7) is 0.416. The number of anilines is 1. The van der Waals surface area contributed by atoms with Crippen molar-refractivity contribution in [1.29, 1.82) is 0 Å². The lowest BCUT2D eigenvalue weighted by Crippen LogP contribution is -2.54. The van der Waals surface area contributed by atoms with Gasteiger partial charge in [-0.15, -0.1) is 0 Å². The number of imide groups is 2. The van der Waals surface area contributed by atoms with Crippen LogP contribution in [0.15, 0.2) is 78.5 Å². The van der Waals surface area contributed by atoms with Crippen molar-refractivity contribution < 1.29 is 23.9 Å². The zero-order valence-corrected chi connectivity index (χ0v) is 21.4. The van der Waals surface area contributed by atoms with Crippen LogP contribution < -0.4 is 10.2 Å². The number of methoxy groups -OCH3 is 1. The minimum Gasteiger partial charge on any atom is -0.465 e. The van der Waals surface area contributed by atoms with E-state index in [1.54, 1.807) is 24.4 Å². The summed E-state index contributed by atoms with van der Waals surface area (Å²) in [4.78, 5) is 51.5. The molecular formula is C28H19Cl2N3O5. The molecule has 0 unspecified atom stereocenters. The maximum absolute atomic E-state index is 13.4. The fourth-order valence-corrected chi connectivity index (χ4v) is 4.82. The molecule has 0 atom stereocenters. The van der Waals surface area contributed by atoms with Gasteiger partial charge in [-0.25, -0.2) is 14.5 Å². The van der Waals surface area contributed by atoms with Crippen LogP contribution in [0.3, 0.4) is 0 Å². The molecule has 8 nitrogen and oxygen atoms in total. The number of benzene rings is 3. The zero-order chi connectivity index (χ0) is 27.0. The lowest BCUT2D eigenvalue weighted by molar-refractivity contribution is -0.122. The highest BCUT2D eigenvalue weighted by Gasteiger charge is 2.38. The van der Waals surface area contributed by atoms with E-state index >= 15 is 0 Å². The number of nitrogens with one attached hydrogen (secondary N) is 1. The summed E-state index contributed by atoms with van der Waals surface area (Å²) >= 11 is 12.2. The molecule has 0 radical (unpaired) electrons. The smallest absolute Gasteiger partial charge is 0.337 e. The average Bonchev–Trinajstić information content (AvgIpc) is 3.24. The number of esters is 1. The topological polar surface area (TPSA) is 97.7 Å². The number of barbiturate groups is 1. The molecule has 1 fully saturated rings. The third kappa shape index (κ3) is 4.67. The van der Waals surface area contributed by atoms with Crippen LogP contribution in [0.2, 0.25) is 10.0 Å². The van der Waals surface area contributed by atoms with Crippen molar-refractivity contribution in [2.75, 3.05) is 12.0 Å². The number of halogens is 2. The first-order valence-electron chi connectivity index (χ1n) is 11.4. The van der Waals surface area contributed by atoms with Gasteiger partial charge >= 0.3 is 12.0 Å². The highest BCUT2D eigenvalue weighted by Crippen LogP contribution is 2.32. The highest BCUT2D eigenvalue weighted by atomic mass is 35.5. The number of nitrogens with zero attached hydrogens (tertiary/aromatic N) is 2. The Kier molecular flexibility index (Phi) is 6.75. The first kappa shape index (κ1) is 25.3. The van der Waals surface area contributed by atoms with E-state index < -0.39 is 23.8 Å². The summed E-state index contributed by atoms with van der Waals surface area (Å²) in [5.74, 6) is -2.06. The van der Waals surface area contributed by atoms with Crippen LogP contribution >= 0.6 is 23.2 Å². The summed E-state index contributed by atoms with van der Waals surface area (Å²) in [5.41, 5.74) is 2.60. The molecule has 1 N–H and O–H groups in total. The Balaban J connectivity index is 1.55. The van der Waals surface area contributed by atoms with Crippen LogP contribution in [0.25, 0.3) is 17.0 Å². The van der Waals surface area contributed by atoms with Crippen LogP contribution in [-0.2, 0) is 20.9 Å². The number of carbonyl (C=O) groups excluding carboxylic acids is 4. The van der Waals surface area contributed by atoms with E-state index in [0.717, 1.165) is 21.4 Å². The Morgan fingerprint density at radius 3 is 2.55 bits per heavy atom. The molecule has 5 rings (SSSR count). The largest absolute Gasteiger partial charge is 0.465 e. The maximum Gasteiger partial charge on any atom is 0.337 e. The molecule has 4 amide bonds. The number of para-hydroxylation sites is 1. The number of urea groups is 1. The van der Waals surface area contributed by atoms with Crippen LogP contribution in [0.1, 0.15) is 21.5 Å². The fraction of sp³-hybridized carbons (Fsp3) is 0.0714. The summed E-state index contributed by atoms with van der Waals surface area (Å²) in [6, 6.07) is 18.0. The molecule has 38 heavy (non-hydrogen) atoms. The van der Waals surface area contributed by atoms with Gasteiger partial charge in [0.25, 0.3) is 11.8 Å². The van der Waals surface area contributed by atoms with E-state index in [4.69, 9.17) is 27.9 Å². The molecule has 0 aliphatic carbocycles. The normalized spacial score (nSPS) is 14.8. The van der Waals surface area contributed by atoms with Crippen LogP contribution in [0.5, 0.6) is 0 Å². The number of hydrogen-bond donors (Lipinski definition) is 1. The monoisotopic (exact) mass is 547 g/mol. The minimum absolute atomic E-state index is 0.0838. The van der Waals surface area contributed by atoms with Gasteiger partial charge < -0.3 is 9.30 Å². The van der Waals surface area contributed by atoms with Crippen molar-refractivity contribution in [1.82, 2.24) is 9.88 Å². The molecule has 1 aliphatic rings. The molecule has 190 valence electrons.